The fourth-order valence-electron chi connectivity index (χ4n) is 0.961. The number of nitrogens with one attached hydrogen (secondary N) is 1. The maximum absolute atomic E-state index is 4.97. The Labute approximate surface area is 78.4 Å². The minimum absolute atomic E-state index is 0.336. The summed E-state index contributed by atoms with van der Waals surface area (Å²) < 4.78 is 4.97. The van der Waals surface area contributed by atoms with Crippen molar-refractivity contribution < 1.29 is 4.74 Å². The van der Waals surface area contributed by atoms with Crippen LogP contribution in [-0.4, -0.2) is 29.7 Å². The number of nitrogens with zero attached hydrogens (tertiary/aromatic N) is 2. The van der Waals surface area contributed by atoms with E-state index >= 15 is 0 Å². The van der Waals surface area contributed by atoms with Crippen molar-refractivity contribution in [2.75, 3.05) is 19.0 Å². The Morgan fingerprint density at radius 3 is 2.77 bits per heavy atom. The molecule has 13 heavy (non-hydrogen) atoms. The van der Waals surface area contributed by atoms with Crippen molar-refractivity contribution in [2.24, 2.45) is 0 Å². The van der Waals surface area contributed by atoms with Crippen LogP contribution in [0.4, 0.5) is 5.95 Å². The molecule has 0 aliphatic heterocycles. The SMILES string of the molecule is COCCC(C)Nc1ncccn1. The number of rotatable bonds is 5. The molecular weight excluding hydrogens is 166 g/mol. The van der Waals surface area contributed by atoms with Crippen LogP contribution in [0.3, 0.4) is 0 Å². The van der Waals surface area contributed by atoms with E-state index in [4.69, 9.17) is 4.74 Å². The molecule has 0 radical (unpaired) electrons. The molecule has 0 spiro atoms. The molecule has 4 heteroatoms. The lowest BCUT2D eigenvalue weighted by molar-refractivity contribution is 0.191. The fourth-order valence-corrected chi connectivity index (χ4v) is 0.961. The van der Waals surface area contributed by atoms with Gasteiger partial charge in [0.1, 0.15) is 0 Å². The van der Waals surface area contributed by atoms with Crippen molar-refractivity contribution in [1.29, 1.82) is 0 Å². The van der Waals surface area contributed by atoms with E-state index in [1.165, 1.54) is 0 Å². The van der Waals surface area contributed by atoms with Crippen molar-refractivity contribution in [1.82, 2.24) is 9.97 Å². The first-order valence-electron chi connectivity index (χ1n) is 4.35. The molecular formula is C9H15N3O. The number of hydrogen-bond donors (Lipinski definition) is 1. The van der Waals surface area contributed by atoms with Gasteiger partial charge in [-0.25, -0.2) is 9.97 Å². The standard InChI is InChI=1S/C9H15N3O/c1-8(4-7-13-2)12-9-10-5-3-6-11-9/h3,5-6,8H,4,7H2,1-2H3,(H,10,11,12). The third-order valence-electron chi connectivity index (χ3n) is 1.70. The van der Waals surface area contributed by atoms with Crippen LogP contribution in [0.1, 0.15) is 13.3 Å². The third kappa shape index (κ3) is 3.85. The zero-order chi connectivity index (χ0) is 9.52. The Morgan fingerprint density at radius 1 is 1.46 bits per heavy atom. The number of methoxy groups -OCH3 is 1. The predicted molar refractivity (Wildman–Crippen MR) is 51.6 cm³/mol. The molecule has 1 aromatic rings. The summed E-state index contributed by atoms with van der Waals surface area (Å²) in [5, 5.41) is 3.17. The minimum Gasteiger partial charge on any atom is -0.385 e. The van der Waals surface area contributed by atoms with E-state index in [2.05, 4.69) is 22.2 Å². The first-order valence-corrected chi connectivity index (χ1v) is 4.35. The first kappa shape index (κ1) is 9.92. The zero-order valence-electron chi connectivity index (χ0n) is 8.03. The van der Waals surface area contributed by atoms with Crippen LogP contribution in [0.25, 0.3) is 0 Å². The molecule has 1 N–H and O–H groups in total. The molecule has 72 valence electrons. The van der Waals surface area contributed by atoms with Gasteiger partial charge < -0.3 is 10.1 Å². The predicted octanol–water partition coefficient (Wildman–Crippen LogP) is 1.31. The Bertz CT molecular complexity index is 228. The normalized spacial score (nSPS) is 12.5. The van der Waals surface area contributed by atoms with Gasteiger partial charge in [0.05, 0.1) is 0 Å². The van der Waals surface area contributed by atoms with Crippen LogP contribution in [0.15, 0.2) is 18.5 Å². The van der Waals surface area contributed by atoms with E-state index in [1.54, 1.807) is 25.6 Å². The Balaban J connectivity index is 2.32. The maximum atomic E-state index is 4.97. The van der Waals surface area contributed by atoms with Crippen molar-refractivity contribution >= 4 is 5.95 Å². The molecule has 1 rings (SSSR count). The lowest BCUT2D eigenvalue weighted by Gasteiger charge is -2.12. The molecule has 0 saturated carbocycles. The van der Waals surface area contributed by atoms with Crippen LogP contribution in [0, 0.1) is 0 Å². The molecule has 1 atom stereocenters. The van der Waals surface area contributed by atoms with Gasteiger partial charge >= 0.3 is 0 Å². The Morgan fingerprint density at radius 2 is 2.15 bits per heavy atom. The van der Waals surface area contributed by atoms with E-state index in [-0.39, 0.29) is 0 Å². The molecule has 1 aromatic heterocycles. The summed E-state index contributed by atoms with van der Waals surface area (Å²) in [5.41, 5.74) is 0. The second-order valence-corrected chi connectivity index (χ2v) is 2.90. The molecule has 1 heterocycles. The highest BCUT2D eigenvalue weighted by atomic mass is 16.5. The fraction of sp³-hybridized carbons (Fsp3) is 0.556. The van der Waals surface area contributed by atoms with Crippen LogP contribution in [0.5, 0.6) is 0 Å². The molecule has 0 saturated heterocycles. The summed E-state index contributed by atoms with van der Waals surface area (Å²) in [4.78, 5) is 8.13. The third-order valence-corrected chi connectivity index (χ3v) is 1.70. The van der Waals surface area contributed by atoms with Crippen LogP contribution in [0.2, 0.25) is 0 Å². The monoisotopic (exact) mass is 181 g/mol. The summed E-state index contributed by atoms with van der Waals surface area (Å²) in [7, 11) is 1.70. The average Bonchev–Trinajstić information content (AvgIpc) is 2.16. The number of anilines is 1. The van der Waals surface area contributed by atoms with Crippen molar-refractivity contribution in [2.45, 2.75) is 19.4 Å². The molecule has 0 aliphatic rings. The van der Waals surface area contributed by atoms with Crippen LogP contribution >= 0.6 is 0 Å². The van der Waals surface area contributed by atoms with Crippen LogP contribution < -0.4 is 5.32 Å². The highest BCUT2D eigenvalue weighted by Gasteiger charge is 2.01. The Kier molecular flexibility index (Phi) is 4.18. The van der Waals surface area contributed by atoms with Gasteiger partial charge in [0, 0.05) is 32.2 Å². The van der Waals surface area contributed by atoms with Crippen molar-refractivity contribution in [3.8, 4) is 0 Å². The number of aromatic nitrogens is 2. The van der Waals surface area contributed by atoms with Crippen molar-refractivity contribution in [3.63, 3.8) is 0 Å². The summed E-state index contributed by atoms with van der Waals surface area (Å²) in [6, 6.07) is 2.13. The second kappa shape index (κ2) is 5.48. The first-order chi connectivity index (χ1) is 6.33. The molecule has 4 nitrogen and oxygen atoms in total. The van der Waals surface area contributed by atoms with Gasteiger partial charge in [-0.2, -0.15) is 0 Å². The van der Waals surface area contributed by atoms with Gasteiger partial charge in [0.25, 0.3) is 0 Å². The largest absolute Gasteiger partial charge is 0.385 e. The van der Waals surface area contributed by atoms with E-state index in [0.29, 0.717) is 12.0 Å². The lowest BCUT2D eigenvalue weighted by Crippen LogP contribution is -2.18. The van der Waals surface area contributed by atoms with Crippen molar-refractivity contribution in [3.05, 3.63) is 18.5 Å². The second-order valence-electron chi connectivity index (χ2n) is 2.90. The molecule has 0 aliphatic carbocycles. The Hall–Kier alpha value is -1.16. The smallest absolute Gasteiger partial charge is 0.222 e. The average molecular weight is 181 g/mol. The van der Waals surface area contributed by atoms with E-state index in [1.807, 2.05) is 0 Å². The highest BCUT2D eigenvalue weighted by Crippen LogP contribution is 2.00. The summed E-state index contributed by atoms with van der Waals surface area (Å²) in [5.74, 6) is 0.672. The van der Waals surface area contributed by atoms with Gasteiger partial charge in [-0.3, -0.25) is 0 Å². The zero-order valence-corrected chi connectivity index (χ0v) is 8.03. The van der Waals surface area contributed by atoms with Crippen LogP contribution in [-0.2, 0) is 4.74 Å². The summed E-state index contributed by atoms with van der Waals surface area (Å²) in [6.07, 6.45) is 4.39. The van der Waals surface area contributed by atoms with Gasteiger partial charge in [0.2, 0.25) is 5.95 Å². The van der Waals surface area contributed by atoms with Gasteiger partial charge in [0.15, 0.2) is 0 Å². The van der Waals surface area contributed by atoms with E-state index in [0.717, 1.165) is 13.0 Å². The number of ether oxygens (including phenoxy) is 1. The molecule has 1 unspecified atom stereocenters. The van der Waals surface area contributed by atoms with Gasteiger partial charge in [-0.15, -0.1) is 0 Å². The van der Waals surface area contributed by atoms with Gasteiger partial charge in [-0.05, 0) is 19.4 Å². The van der Waals surface area contributed by atoms with E-state index in [9.17, 15) is 0 Å². The topological polar surface area (TPSA) is 47.0 Å². The number of hydrogen-bond acceptors (Lipinski definition) is 4. The quantitative estimate of drug-likeness (QED) is 0.744. The molecule has 0 aromatic carbocycles. The summed E-state index contributed by atoms with van der Waals surface area (Å²) >= 11 is 0. The maximum Gasteiger partial charge on any atom is 0.222 e. The molecule has 0 fully saturated rings. The minimum atomic E-state index is 0.336. The van der Waals surface area contributed by atoms with Gasteiger partial charge in [-0.1, -0.05) is 0 Å². The summed E-state index contributed by atoms with van der Waals surface area (Å²) in [6.45, 7) is 2.83. The van der Waals surface area contributed by atoms with E-state index < -0.39 is 0 Å². The lowest BCUT2D eigenvalue weighted by atomic mass is 10.2. The highest BCUT2D eigenvalue weighted by molar-refractivity contribution is 5.23. The molecule has 0 amide bonds. The molecule has 0 bridgehead atoms.